The molecule has 1 amide bonds. The Bertz CT molecular complexity index is 1690. The number of anilines is 2. The third-order valence-corrected chi connectivity index (χ3v) is 8.17. The number of pyridine rings is 1. The van der Waals surface area contributed by atoms with Gasteiger partial charge < -0.3 is 20.7 Å². The maximum atomic E-state index is 12.2. The van der Waals surface area contributed by atoms with Crippen molar-refractivity contribution in [3.05, 3.63) is 89.5 Å². The van der Waals surface area contributed by atoms with E-state index in [9.17, 15) is 4.79 Å². The first-order valence-electron chi connectivity index (χ1n) is 13.5. The quantitative estimate of drug-likeness (QED) is 0.231. The molecule has 3 aliphatic heterocycles. The van der Waals surface area contributed by atoms with Crippen LogP contribution in [0.25, 0.3) is 16.5 Å². The number of halogens is 1. The molecular formula is C32H29ClN6O2. The van der Waals surface area contributed by atoms with E-state index in [4.69, 9.17) is 22.1 Å². The summed E-state index contributed by atoms with van der Waals surface area (Å²) in [6.45, 7) is 7.51. The minimum Gasteiger partial charge on any atom is -0.486 e. The summed E-state index contributed by atoms with van der Waals surface area (Å²) < 4.78 is 5.84. The molecule has 3 saturated heterocycles. The lowest BCUT2D eigenvalue weighted by Gasteiger charge is -2.45. The SMILES string of the molecule is C=C(C(N)=O)c1cc2c(Nc3ccc(OCc4ccccn4)c(Cl)c3)ncnc2cc1C#CC12CCN(CC1)CC2. The molecule has 206 valence electrons. The number of nitrogens with one attached hydrogen (secondary N) is 1. The van der Waals surface area contributed by atoms with Gasteiger partial charge in [-0.25, -0.2) is 9.97 Å². The van der Waals surface area contributed by atoms with E-state index < -0.39 is 5.91 Å². The average Bonchev–Trinajstić information content (AvgIpc) is 3.00. The van der Waals surface area contributed by atoms with Gasteiger partial charge in [-0.15, -0.1) is 0 Å². The number of benzene rings is 2. The van der Waals surface area contributed by atoms with Crippen LogP contribution < -0.4 is 15.8 Å². The zero-order chi connectivity index (χ0) is 28.4. The zero-order valence-electron chi connectivity index (χ0n) is 22.5. The van der Waals surface area contributed by atoms with Gasteiger partial charge in [0.1, 0.15) is 24.5 Å². The van der Waals surface area contributed by atoms with Crippen LogP contribution in [-0.2, 0) is 11.4 Å². The number of ether oxygens (including phenoxy) is 1. The van der Waals surface area contributed by atoms with Crippen molar-refractivity contribution >= 4 is 45.5 Å². The van der Waals surface area contributed by atoms with Crippen LogP contribution in [0.15, 0.2) is 67.6 Å². The minimum absolute atomic E-state index is 0.0141. The summed E-state index contributed by atoms with van der Waals surface area (Å²) in [7, 11) is 0. The van der Waals surface area contributed by atoms with Gasteiger partial charge in [0.05, 0.1) is 16.2 Å². The lowest BCUT2D eigenvalue weighted by Crippen LogP contribution is -2.47. The Kier molecular flexibility index (Phi) is 7.31. The van der Waals surface area contributed by atoms with E-state index in [1.165, 1.54) is 6.33 Å². The Balaban J connectivity index is 1.30. The Hall–Kier alpha value is -4.45. The maximum Gasteiger partial charge on any atom is 0.248 e. The van der Waals surface area contributed by atoms with Crippen LogP contribution in [0.2, 0.25) is 5.02 Å². The highest BCUT2D eigenvalue weighted by Crippen LogP contribution is 2.40. The molecule has 2 bridgehead atoms. The first-order chi connectivity index (χ1) is 19.9. The summed E-state index contributed by atoms with van der Waals surface area (Å²) in [4.78, 5) is 27.9. The molecule has 3 N–H and O–H groups in total. The highest BCUT2D eigenvalue weighted by atomic mass is 35.5. The van der Waals surface area contributed by atoms with Crippen LogP contribution >= 0.6 is 11.6 Å². The van der Waals surface area contributed by atoms with Crippen molar-refractivity contribution in [2.24, 2.45) is 11.1 Å². The Labute approximate surface area is 243 Å². The van der Waals surface area contributed by atoms with E-state index >= 15 is 0 Å². The number of aromatic nitrogens is 3. The van der Waals surface area contributed by atoms with Crippen LogP contribution in [0, 0.1) is 17.3 Å². The van der Waals surface area contributed by atoms with E-state index in [0.29, 0.717) is 50.9 Å². The van der Waals surface area contributed by atoms with E-state index in [0.717, 1.165) is 44.6 Å². The molecule has 41 heavy (non-hydrogen) atoms. The number of rotatable bonds is 7. The second kappa shape index (κ2) is 11.2. The third-order valence-electron chi connectivity index (χ3n) is 7.88. The predicted molar refractivity (Wildman–Crippen MR) is 161 cm³/mol. The number of fused-ring (bicyclic) bond motifs is 4. The molecule has 0 atom stereocenters. The summed E-state index contributed by atoms with van der Waals surface area (Å²) in [5.41, 5.74) is 9.34. The van der Waals surface area contributed by atoms with Crippen molar-refractivity contribution in [1.29, 1.82) is 0 Å². The highest BCUT2D eigenvalue weighted by Gasteiger charge is 2.38. The number of nitrogens with zero attached hydrogens (tertiary/aromatic N) is 4. The maximum absolute atomic E-state index is 12.2. The van der Waals surface area contributed by atoms with Crippen LogP contribution in [0.4, 0.5) is 11.5 Å². The fourth-order valence-electron chi connectivity index (χ4n) is 5.37. The van der Waals surface area contributed by atoms with Gasteiger partial charge >= 0.3 is 0 Å². The summed E-state index contributed by atoms with van der Waals surface area (Å²) in [5.74, 6) is 7.43. The molecule has 8 nitrogen and oxygen atoms in total. The third kappa shape index (κ3) is 5.73. The van der Waals surface area contributed by atoms with E-state index in [2.05, 4.69) is 43.6 Å². The molecule has 0 radical (unpaired) electrons. The van der Waals surface area contributed by atoms with Gasteiger partial charge in [0, 0.05) is 39.4 Å². The second-order valence-electron chi connectivity index (χ2n) is 10.5. The first-order valence-corrected chi connectivity index (χ1v) is 13.9. The van der Waals surface area contributed by atoms with Crippen LogP contribution in [0.3, 0.4) is 0 Å². The topological polar surface area (TPSA) is 106 Å². The molecule has 3 aliphatic rings. The number of hydrogen-bond donors (Lipinski definition) is 2. The van der Waals surface area contributed by atoms with Gasteiger partial charge in [0.15, 0.2) is 0 Å². The molecule has 0 aliphatic carbocycles. The largest absolute Gasteiger partial charge is 0.486 e. The van der Waals surface area contributed by atoms with Gasteiger partial charge in [0.25, 0.3) is 0 Å². The van der Waals surface area contributed by atoms with Crippen molar-refractivity contribution in [1.82, 2.24) is 19.9 Å². The summed E-state index contributed by atoms with van der Waals surface area (Å²) in [6, 6.07) is 14.8. The molecule has 7 rings (SSSR count). The molecule has 0 saturated carbocycles. The van der Waals surface area contributed by atoms with Crippen molar-refractivity contribution < 1.29 is 9.53 Å². The molecule has 2 aromatic carbocycles. The fraction of sp³-hybridized carbons (Fsp3) is 0.250. The summed E-state index contributed by atoms with van der Waals surface area (Å²) in [6.07, 6.45) is 6.39. The number of nitrogens with two attached hydrogens (primary N) is 1. The summed E-state index contributed by atoms with van der Waals surface area (Å²) >= 11 is 6.53. The molecule has 0 spiro atoms. The van der Waals surface area contributed by atoms with Crippen molar-refractivity contribution in [3.63, 3.8) is 0 Å². The van der Waals surface area contributed by atoms with E-state index in [1.54, 1.807) is 18.3 Å². The lowest BCUT2D eigenvalue weighted by atomic mass is 9.72. The number of amides is 1. The Morgan fingerprint density at radius 1 is 1.10 bits per heavy atom. The highest BCUT2D eigenvalue weighted by molar-refractivity contribution is 6.32. The van der Waals surface area contributed by atoms with Gasteiger partial charge in [-0.2, -0.15) is 0 Å². The van der Waals surface area contributed by atoms with Crippen molar-refractivity contribution in [2.45, 2.75) is 25.9 Å². The second-order valence-corrected chi connectivity index (χ2v) is 10.9. The lowest BCUT2D eigenvalue weighted by molar-refractivity contribution is -0.112. The van der Waals surface area contributed by atoms with Gasteiger partial charge in [-0.1, -0.05) is 36.1 Å². The van der Waals surface area contributed by atoms with Crippen LogP contribution in [0.1, 0.15) is 36.1 Å². The molecule has 4 aromatic rings. The van der Waals surface area contributed by atoms with Gasteiger partial charge in [-0.3, -0.25) is 9.78 Å². The van der Waals surface area contributed by atoms with Crippen LogP contribution in [0.5, 0.6) is 5.75 Å². The Morgan fingerprint density at radius 2 is 1.90 bits per heavy atom. The first kappa shape index (κ1) is 26.8. The Morgan fingerprint density at radius 3 is 2.61 bits per heavy atom. The smallest absolute Gasteiger partial charge is 0.248 e. The molecule has 5 heterocycles. The van der Waals surface area contributed by atoms with E-state index in [-0.39, 0.29) is 11.0 Å². The number of carbonyl (C=O) groups is 1. The number of primary amides is 1. The normalized spacial score (nSPS) is 19.3. The number of hydrogen-bond acceptors (Lipinski definition) is 7. The van der Waals surface area contributed by atoms with Gasteiger partial charge in [0.2, 0.25) is 5.91 Å². The summed E-state index contributed by atoms with van der Waals surface area (Å²) in [5, 5.41) is 4.46. The van der Waals surface area contributed by atoms with Crippen molar-refractivity contribution in [2.75, 3.05) is 25.0 Å². The molecule has 0 unspecified atom stereocenters. The minimum atomic E-state index is -0.601. The van der Waals surface area contributed by atoms with E-state index in [1.807, 2.05) is 36.4 Å². The average molecular weight is 565 g/mol. The zero-order valence-corrected chi connectivity index (χ0v) is 23.2. The molecular weight excluding hydrogens is 536 g/mol. The predicted octanol–water partition coefficient (Wildman–Crippen LogP) is 5.34. The standard InChI is InChI=1S/C32H29ClN6O2/c1-21(30(34)40)25-18-26-28(16-22(25)7-8-32-9-13-39(14-10-32)15-11-32)36-20-37-31(26)38-23-5-6-29(27(33)17-23)41-19-24-4-2-3-12-35-24/h2-6,12,16-18,20H,1,9-11,13-15,19H2,(H2,34,40)(H,36,37,38). The number of piperidine rings is 3. The molecule has 2 aromatic heterocycles. The van der Waals surface area contributed by atoms with Crippen LogP contribution in [-0.4, -0.2) is 45.4 Å². The van der Waals surface area contributed by atoms with Gasteiger partial charge in [-0.05, 0) is 81.4 Å². The van der Waals surface area contributed by atoms with Crippen molar-refractivity contribution in [3.8, 4) is 17.6 Å². The fourth-order valence-corrected chi connectivity index (χ4v) is 5.61. The molecule has 3 fully saturated rings. The molecule has 9 heteroatoms. The monoisotopic (exact) mass is 564 g/mol. The number of carbonyl (C=O) groups excluding carboxylic acids is 1.